The maximum Gasteiger partial charge on any atom is 0.482 e. The Kier molecular flexibility index (Phi) is 1.83. The van der Waals surface area contributed by atoms with Crippen molar-refractivity contribution in [2.45, 2.75) is 6.30 Å². The summed E-state index contributed by atoms with van der Waals surface area (Å²) in [6.07, 6.45) is -3.08. The first kappa shape index (κ1) is 8.86. The molecule has 74 valence electrons. The Labute approximate surface area is 77.0 Å². The van der Waals surface area contributed by atoms with Gasteiger partial charge in [-0.05, 0) is 12.1 Å². The number of imidazole rings is 1. The predicted molar refractivity (Wildman–Crippen MR) is 45.8 cm³/mol. The fraction of sp³-hybridized carbons (Fsp3) is 0.125. The summed E-state index contributed by atoms with van der Waals surface area (Å²) in [5.41, 5.74) is 0.806. The molecule has 1 aromatic heterocycles. The van der Waals surface area contributed by atoms with Crippen LogP contribution in [-0.4, -0.2) is 16.3 Å². The maximum atomic E-state index is 12.0. The smallest absolute Gasteiger partial charge is 0.345 e. The molecule has 0 saturated carbocycles. The van der Waals surface area contributed by atoms with Crippen LogP contribution in [0, 0.1) is 0 Å². The van der Waals surface area contributed by atoms with E-state index >= 15 is 0 Å². The molecule has 0 spiro atoms. The molecule has 0 aliphatic heterocycles. The number of benzene rings is 1. The van der Waals surface area contributed by atoms with Crippen molar-refractivity contribution in [3.05, 3.63) is 24.5 Å². The van der Waals surface area contributed by atoms with Gasteiger partial charge in [-0.3, -0.25) is 5.32 Å². The van der Waals surface area contributed by atoms with Gasteiger partial charge in [0.1, 0.15) is 5.52 Å². The fourth-order valence-corrected chi connectivity index (χ4v) is 1.22. The first-order valence-corrected chi connectivity index (χ1v) is 3.83. The molecule has 2 aromatic rings. The Balaban J connectivity index is 2.46. The van der Waals surface area contributed by atoms with Gasteiger partial charge in [-0.1, -0.05) is 6.07 Å². The van der Waals surface area contributed by atoms with Crippen molar-refractivity contribution in [1.29, 1.82) is 0 Å². The third-order valence-electron chi connectivity index (χ3n) is 1.73. The first-order chi connectivity index (χ1) is 6.56. The van der Waals surface area contributed by atoms with Crippen LogP contribution in [0.1, 0.15) is 0 Å². The highest BCUT2D eigenvalue weighted by molar-refractivity contribution is 5.87. The summed E-state index contributed by atoms with van der Waals surface area (Å²) in [6, 6.07) is 4.51. The monoisotopic (exact) mass is 201 g/mol. The number of alkyl halides is 3. The quantitative estimate of drug-likeness (QED) is 0.696. The number of para-hydroxylation sites is 1. The molecule has 6 heteroatoms. The summed E-state index contributed by atoms with van der Waals surface area (Å²) in [5.74, 6) is 0. The molecular formula is C8H6F3N3. The van der Waals surface area contributed by atoms with Gasteiger partial charge in [0.25, 0.3) is 0 Å². The lowest BCUT2D eigenvalue weighted by molar-refractivity contribution is -0.0998. The zero-order valence-electron chi connectivity index (χ0n) is 6.89. The number of rotatable bonds is 1. The van der Waals surface area contributed by atoms with Gasteiger partial charge >= 0.3 is 6.30 Å². The number of halogens is 3. The van der Waals surface area contributed by atoms with E-state index in [1.807, 2.05) is 0 Å². The highest BCUT2D eigenvalue weighted by Gasteiger charge is 2.28. The second-order valence-electron chi connectivity index (χ2n) is 2.73. The van der Waals surface area contributed by atoms with Crippen molar-refractivity contribution in [2.24, 2.45) is 0 Å². The number of anilines is 1. The molecule has 0 unspecified atom stereocenters. The van der Waals surface area contributed by atoms with Gasteiger partial charge in [-0.2, -0.15) is 13.2 Å². The number of nitrogens with one attached hydrogen (secondary N) is 2. The number of aromatic nitrogens is 2. The average molecular weight is 201 g/mol. The van der Waals surface area contributed by atoms with Crippen LogP contribution in [0.2, 0.25) is 0 Å². The molecule has 14 heavy (non-hydrogen) atoms. The van der Waals surface area contributed by atoms with Gasteiger partial charge in [-0.15, -0.1) is 0 Å². The Morgan fingerprint density at radius 2 is 2.07 bits per heavy atom. The molecule has 1 aromatic carbocycles. The highest BCUT2D eigenvalue weighted by atomic mass is 19.4. The predicted octanol–water partition coefficient (Wildman–Crippen LogP) is 2.49. The molecule has 0 amide bonds. The minimum Gasteiger partial charge on any atom is -0.345 e. The Hall–Kier alpha value is -1.72. The van der Waals surface area contributed by atoms with E-state index in [9.17, 15) is 13.2 Å². The molecule has 2 rings (SSSR count). The van der Waals surface area contributed by atoms with Crippen LogP contribution < -0.4 is 5.32 Å². The third kappa shape index (κ3) is 1.63. The largest absolute Gasteiger partial charge is 0.482 e. The number of aromatic amines is 1. The van der Waals surface area contributed by atoms with Crippen molar-refractivity contribution in [2.75, 3.05) is 5.32 Å². The van der Waals surface area contributed by atoms with Gasteiger partial charge in [0, 0.05) is 0 Å². The van der Waals surface area contributed by atoms with Crippen LogP contribution >= 0.6 is 0 Å². The Morgan fingerprint density at radius 3 is 2.79 bits per heavy atom. The van der Waals surface area contributed by atoms with Crippen LogP contribution in [0.5, 0.6) is 0 Å². The van der Waals surface area contributed by atoms with Crippen molar-refractivity contribution in [3.63, 3.8) is 0 Å². The molecule has 0 atom stereocenters. The summed E-state index contributed by atoms with van der Waals surface area (Å²) in [4.78, 5) is 6.51. The van der Waals surface area contributed by atoms with E-state index < -0.39 is 6.30 Å². The summed E-state index contributed by atoms with van der Waals surface area (Å²) in [5, 5.41) is 1.43. The molecular weight excluding hydrogens is 195 g/mol. The van der Waals surface area contributed by atoms with Crippen LogP contribution in [0.4, 0.5) is 18.9 Å². The molecule has 0 saturated heterocycles. The standard InChI is InChI=1S/C8H6F3N3/c9-8(10,11)14-6-3-1-2-5-7(6)13-4-12-5/h1-4,14H,(H,12,13). The summed E-state index contributed by atoms with van der Waals surface area (Å²) < 4.78 is 36.1. The SMILES string of the molecule is FC(F)(F)Nc1cccc2[nH]cnc12. The van der Waals surface area contributed by atoms with E-state index in [-0.39, 0.29) is 11.2 Å². The topological polar surface area (TPSA) is 40.7 Å². The summed E-state index contributed by atoms with van der Waals surface area (Å²) in [7, 11) is 0. The number of nitrogens with zero attached hydrogens (tertiary/aromatic N) is 1. The molecule has 0 aliphatic rings. The van der Waals surface area contributed by atoms with Gasteiger partial charge in [0.2, 0.25) is 0 Å². The van der Waals surface area contributed by atoms with E-state index in [0.29, 0.717) is 5.52 Å². The lowest BCUT2D eigenvalue weighted by atomic mass is 10.3. The van der Waals surface area contributed by atoms with Gasteiger partial charge < -0.3 is 4.98 Å². The molecule has 0 radical (unpaired) electrons. The van der Waals surface area contributed by atoms with Gasteiger partial charge in [-0.25, -0.2) is 4.98 Å². The van der Waals surface area contributed by atoms with Gasteiger partial charge in [0.15, 0.2) is 0 Å². The van der Waals surface area contributed by atoms with E-state index in [4.69, 9.17) is 0 Å². The summed E-state index contributed by atoms with van der Waals surface area (Å²) in [6.45, 7) is 0. The van der Waals surface area contributed by atoms with E-state index in [1.165, 1.54) is 23.8 Å². The number of H-pyrrole nitrogens is 1. The van der Waals surface area contributed by atoms with Crippen LogP contribution in [0.15, 0.2) is 24.5 Å². The number of hydrogen-bond donors (Lipinski definition) is 2. The fourth-order valence-electron chi connectivity index (χ4n) is 1.22. The van der Waals surface area contributed by atoms with Crippen molar-refractivity contribution in [1.82, 2.24) is 9.97 Å². The van der Waals surface area contributed by atoms with Crippen molar-refractivity contribution >= 4 is 16.7 Å². The third-order valence-corrected chi connectivity index (χ3v) is 1.73. The molecule has 1 heterocycles. The van der Waals surface area contributed by atoms with E-state index in [2.05, 4.69) is 9.97 Å². The summed E-state index contributed by atoms with van der Waals surface area (Å²) >= 11 is 0. The zero-order chi connectivity index (χ0) is 10.2. The van der Waals surface area contributed by atoms with Crippen LogP contribution in [-0.2, 0) is 0 Å². The highest BCUT2D eigenvalue weighted by Crippen LogP contribution is 2.25. The zero-order valence-corrected chi connectivity index (χ0v) is 6.89. The Morgan fingerprint density at radius 1 is 1.29 bits per heavy atom. The second kappa shape index (κ2) is 2.90. The van der Waals surface area contributed by atoms with Crippen molar-refractivity contribution < 1.29 is 13.2 Å². The number of fused-ring (bicyclic) bond motifs is 1. The van der Waals surface area contributed by atoms with Crippen LogP contribution in [0.3, 0.4) is 0 Å². The molecule has 0 bridgehead atoms. The first-order valence-electron chi connectivity index (χ1n) is 3.83. The molecule has 2 N–H and O–H groups in total. The Bertz CT molecular complexity index is 446. The average Bonchev–Trinajstić information content (AvgIpc) is 2.49. The second-order valence-corrected chi connectivity index (χ2v) is 2.73. The van der Waals surface area contributed by atoms with E-state index in [1.54, 1.807) is 6.07 Å². The number of hydrogen-bond acceptors (Lipinski definition) is 2. The van der Waals surface area contributed by atoms with Gasteiger partial charge in [0.05, 0.1) is 17.5 Å². The van der Waals surface area contributed by atoms with Crippen molar-refractivity contribution in [3.8, 4) is 0 Å². The minimum atomic E-state index is -4.44. The normalized spacial score (nSPS) is 11.9. The maximum absolute atomic E-state index is 12.0. The lowest BCUT2D eigenvalue weighted by Crippen LogP contribution is -2.20. The molecule has 0 fully saturated rings. The molecule has 3 nitrogen and oxygen atoms in total. The molecule has 0 aliphatic carbocycles. The minimum absolute atomic E-state index is 0.0451. The van der Waals surface area contributed by atoms with E-state index in [0.717, 1.165) is 0 Å². The van der Waals surface area contributed by atoms with Crippen LogP contribution in [0.25, 0.3) is 11.0 Å². The lowest BCUT2D eigenvalue weighted by Gasteiger charge is -2.09.